The molecule has 4 aromatic rings. The van der Waals surface area contributed by atoms with E-state index in [9.17, 15) is 0 Å². The van der Waals surface area contributed by atoms with Gasteiger partial charge in [0.2, 0.25) is 0 Å². The fourth-order valence-electron chi connectivity index (χ4n) is 4.01. The van der Waals surface area contributed by atoms with Gasteiger partial charge in [-0.3, -0.25) is 0 Å². The van der Waals surface area contributed by atoms with E-state index in [-0.39, 0.29) is 0 Å². The molecule has 1 aromatic heterocycles. The summed E-state index contributed by atoms with van der Waals surface area (Å²) in [6.07, 6.45) is 3.62. The molecule has 3 aromatic carbocycles. The molecule has 0 aliphatic heterocycles. The number of hydrogen-bond donors (Lipinski definition) is 1. The molecule has 1 N–H and O–H groups in total. The van der Waals surface area contributed by atoms with Crippen LogP contribution in [0, 0.1) is 6.92 Å². The third-order valence-corrected chi connectivity index (χ3v) is 5.77. The molecule has 0 radical (unpaired) electrons. The number of H-pyrrole nitrogens is 1. The van der Waals surface area contributed by atoms with Crippen LogP contribution in [0.2, 0.25) is 0 Å². The minimum absolute atomic E-state index is 0.544. The second kappa shape index (κ2) is 11.7. The van der Waals surface area contributed by atoms with Crippen molar-refractivity contribution in [2.75, 3.05) is 20.3 Å². The van der Waals surface area contributed by atoms with Crippen LogP contribution in [-0.4, -0.2) is 25.3 Å². The van der Waals surface area contributed by atoms with Gasteiger partial charge in [-0.25, -0.2) is 9.78 Å². The Hall–Kier alpha value is -3.28. The van der Waals surface area contributed by atoms with Crippen molar-refractivity contribution in [3.63, 3.8) is 0 Å². The summed E-state index contributed by atoms with van der Waals surface area (Å²) in [5, 5.41) is 1.20. The van der Waals surface area contributed by atoms with Gasteiger partial charge >= 0.3 is 0 Å². The maximum atomic E-state index is 6.19. The summed E-state index contributed by atoms with van der Waals surface area (Å²) in [4.78, 5) is 13.2. The predicted octanol–water partition coefficient (Wildman–Crippen LogP) is 6.96. The standard InChI is InChI=1S/C29H33NO4/c1-4-5-23-20-27(34-26-9-6-21(2)7-10-26)11-13-29(23)32-16-15-25-19-24-18-22(14-17-33-31-3)8-12-28(24)30-25/h6-13,18-20,30H,4-5,14-17H2,1-3H3. The first-order valence-corrected chi connectivity index (χ1v) is 11.9. The molecule has 5 nitrogen and oxygen atoms in total. The van der Waals surface area contributed by atoms with Crippen molar-refractivity contribution in [1.29, 1.82) is 0 Å². The molecule has 0 saturated heterocycles. The third kappa shape index (κ3) is 6.40. The number of fused-ring (bicyclic) bond motifs is 1. The van der Waals surface area contributed by atoms with Crippen LogP contribution in [0.1, 0.15) is 35.7 Å². The van der Waals surface area contributed by atoms with Gasteiger partial charge in [0.15, 0.2) is 0 Å². The van der Waals surface area contributed by atoms with Gasteiger partial charge in [0.25, 0.3) is 0 Å². The van der Waals surface area contributed by atoms with E-state index >= 15 is 0 Å². The molecule has 0 aliphatic rings. The lowest BCUT2D eigenvalue weighted by molar-refractivity contribution is -0.271. The minimum Gasteiger partial charge on any atom is -0.493 e. The van der Waals surface area contributed by atoms with Crippen LogP contribution in [0.15, 0.2) is 66.7 Å². The number of rotatable bonds is 12. The molecular weight excluding hydrogens is 426 g/mol. The summed E-state index contributed by atoms with van der Waals surface area (Å²) >= 11 is 0. The van der Waals surface area contributed by atoms with Gasteiger partial charge in [0.05, 0.1) is 20.3 Å². The number of aromatic nitrogens is 1. The fraction of sp³-hybridized carbons (Fsp3) is 0.310. The lowest BCUT2D eigenvalue weighted by atomic mass is 10.1. The molecular formula is C29H33NO4. The summed E-state index contributed by atoms with van der Waals surface area (Å²) in [5.41, 5.74) is 5.91. The van der Waals surface area contributed by atoms with Crippen molar-refractivity contribution in [3.05, 3.63) is 89.1 Å². The number of aryl methyl sites for hydroxylation is 2. The molecule has 0 aliphatic carbocycles. The van der Waals surface area contributed by atoms with Gasteiger partial charge < -0.3 is 14.5 Å². The topological polar surface area (TPSA) is 52.7 Å². The van der Waals surface area contributed by atoms with E-state index < -0.39 is 0 Å². The van der Waals surface area contributed by atoms with Crippen LogP contribution in [0.3, 0.4) is 0 Å². The average molecular weight is 460 g/mol. The van der Waals surface area contributed by atoms with E-state index in [1.807, 2.05) is 24.3 Å². The zero-order valence-electron chi connectivity index (χ0n) is 20.2. The Labute approximate surface area is 201 Å². The van der Waals surface area contributed by atoms with Crippen molar-refractivity contribution in [2.45, 2.75) is 39.5 Å². The Morgan fingerprint density at radius 1 is 0.794 bits per heavy atom. The first-order chi connectivity index (χ1) is 16.6. The zero-order valence-corrected chi connectivity index (χ0v) is 20.2. The van der Waals surface area contributed by atoms with Crippen molar-refractivity contribution in [1.82, 2.24) is 4.98 Å². The number of aromatic amines is 1. The van der Waals surface area contributed by atoms with Gasteiger partial charge in [-0.1, -0.05) is 37.1 Å². The Kier molecular flexibility index (Phi) is 8.23. The molecule has 0 spiro atoms. The van der Waals surface area contributed by atoms with Crippen LogP contribution in [0.4, 0.5) is 0 Å². The molecule has 0 saturated carbocycles. The van der Waals surface area contributed by atoms with Gasteiger partial charge in [-0.15, -0.1) is 0 Å². The highest BCUT2D eigenvalue weighted by Crippen LogP contribution is 2.29. The summed E-state index contributed by atoms with van der Waals surface area (Å²) in [6, 6.07) is 22.8. The van der Waals surface area contributed by atoms with Crippen LogP contribution >= 0.6 is 0 Å². The van der Waals surface area contributed by atoms with Gasteiger partial charge in [-0.05, 0) is 84.8 Å². The molecule has 4 rings (SSSR count). The second-order valence-corrected chi connectivity index (χ2v) is 8.49. The largest absolute Gasteiger partial charge is 0.493 e. The third-order valence-electron chi connectivity index (χ3n) is 5.77. The molecule has 0 atom stereocenters. The van der Waals surface area contributed by atoms with Gasteiger partial charge in [-0.2, -0.15) is 0 Å². The molecule has 0 fully saturated rings. The molecule has 34 heavy (non-hydrogen) atoms. The first-order valence-electron chi connectivity index (χ1n) is 11.9. The van der Waals surface area contributed by atoms with Crippen molar-refractivity contribution in [3.8, 4) is 17.2 Å². The summed E-state index contributed by atoms with van der Waals surface area (Å²) < 4.78 is 12.2. The van der Waals surface area contributed by atoms with E-state index in [2.05, 4.69) is 66.2 Å². The molecule has 1 heterocycles. The first kappa shape index (κ1) is 23.9. The Morgan fingerprint density at radius 3 is 2.41 bits per heavy atom. The normalized spacial score (nSPS) is 11.1. The van der Waals surface area contributed by atoms with Crippen LogP contribution in [0.25, 0.3) is 10.9 Å². The van der Waals surface area contributed by atoms with Crippen molar-refractivity contribution >= 4 is 10.9 Å². The predicted molar refractivity (Wildman–Crippen MR) is 136 cm³/mol. The monoisotopic (exact) mass is 459 g/mol. The van der Waals surface area contributed by atoms with Crippen molar-refractivity contribution in [2.24, 2.45) is 0 Å². The lowest BCUT2D eigenvalue weighted by Crippen LogP contribution is -2.04. The minimum atomic E-state index is 0.544. The maximum absolute atomic E-state index is 6.19. The molecule has 0 amide bonds. The van der Waals surface area contributed by atoms with E-state index in [1.54, 1.807) is 0 Å². The highest BCUT2D eigenvalue weighted by Gasteiger charge is 2.08. The van der Waals surface area contributed by atoms with E-state index in [1.165, 1.54) is 29.2 Å². The summed E-state index contributed by atoms with van der Waals surface area (Å²) in [6.45, 7) is 5.40. The van der Waals surface area contributed by atoms with Crippen LogP contribution < -0.4 is 9.47 Å². The molecule has 0 bridgehead atoms. The maximum Gasteiger partial charge on any atom is 0.127 e. The zero-order chi connectivity index (χ0) is 23.8. The highest BCUT2D eigenvalue weighted by molar-refractivity contribution is 5.81. The Bertz CT molecular complexity index is 1200. The molecule has 5 heteroatoms. The fourth-order valence-corrected chi connectivity index (χ4v) is 4.01. The highest BCUT2D eigenvalue weighted by atomic mass is 17.2. The van der Waals surface area contributed by atoms with Crippen LogP contribution in [0.5, 0.6) is 17.2 Å². The Morgan fingerprint density at radius 2 is 1.62 bits per heavy atom. The summed E-state index contributed by atoms with van der Waals surface area (Å²) in [7, 11) is 1.53. The van der Waals surface area contributed by atoms with Gasteiger partial charge in [0.1, 0.15) is 17.2 Å². The Balaban J connectivity index is 1.37. The summed E-state index contributed by atoms with van der Waals surface area (Å²) in [5.74, 6) is 2.60. The van der Waals surface area contributed by atoms with E-state index in [0.29, 0.717) is 13.2 Å². The second-order valence-electron chi connectivity index (χ2n) is 8.49. The van der Waals surface area contributed by atoms with Crippen molar-refractivity contribution < 1.29 is 19.2 Å². The number of hydrogen-bond acceptors (Lipinski definition) is 4. The quantitative estimate of drug-likeness (QED) is 0.141. The van der Waals surface area contributed by atoms with Gasteiger partial charge in [0, 0.05) is 17.6 Å². The number of ether oxygens (including phenoxy) is 2. The SMILES string of the molecule is CCCc1cc(Oc2ccc(C)cc2)ccc1OCCc1cc2cc(CCOOC)ccc2[nH]1. The number of nitrogens with one attached hydrogen (secondary N) is 1. The molecule has 178 valence electrons. The average Bonchev–Trinajstić information content (AvgIpc) is 3.24. The van der Waals surface area contributed by atoms with Crippen LogP contribution in [-0.2, 0) is 29.0 Å². The molecule has 0 unspecified atom stereocenters. The van der Waals surface area contributed by atoms with E-state index in [0.717, 1.165) is 54.1 Å². The number of benzene rings is 3. The lowest BCUT2D eigenvalue weighted by Gasteiger charge is -2.13. The van der Waals surface area contributed by atoms with E-state index in [4.69, 9.17) is 14.4 Å². The smallest absolute Gasteiger partial charge is 0.127 e.